The SMILES string of the molecule is CCOC(=O)C[C@H]1CC[C@H](C(CNC(=O)OC(C)(C)C)NC(=O)OC(C)(C)C)CC1. The summed E-state index contributed by atoms with van der Waals surface area (Å²) in [6, 6.07) is -0.282. The van der Waals surface area contributed by atoms with E-state index in [0.717, 1.165) is 25.7 Å². The molecule has 1 rings (SSSR count). The Morgan fingerprint density at radius 3 is 1.93 bits per heavy atom. The summed E-state index contributed by atoms with van der Waals surface area (Å²) in [7, 11) is 0. The summed E-state index contributed by atoms with van der Waals surface area (Å²) in [6.07, 6.45) is 2.86. The van der Waals surface area contributed by atoms with Gasteiger partial charge in [0, 0.05) is 13.0 Å². The molecule has 0 aliphatic heterocycles. The van der Waals surface area contributed by atoms with Crippen LogP contribution < -0.4 is 10.6 Å². The fourth-order valence-corrected chi connectivity index (χ4v) is 3.55. The summed E-state index contributed by atoms with van der Waals surface area (Å²) in [6.45, 7) is 13.3. The first-order valence-corrected chi connectivity index (χ1v) is 10.9. The Labute approximate surface area is 180 Å². The Balaban J connectivity index is 2.67. The summed E-state index contributed by atoms with van der Waals surface area (Å²) >= 11 is 0. The van der Waals surface area contributed by atoms with Crippen molar-refractivity contribution in [1.29, 1.82) is 0 Å². The van der Waals surface area contributed by atoms with Gasteiger partial charge in [-0.1, -0.05) is 0 Å². The lowest BCUT2D eigenvalue weighted by Gasteiger charge is -2.34. The average molecular weight is 429 g/mol. The smallest absolute Gasteiger partial charge is 0.407 e. The number of alkyl carbamates (subject to hydrolysis) is 2. The number of amides is 2. The van der Waals surface area contributed by atoms with Crippen molar-refractivity contribution < 1.29 is 28.6 Å². The fourth-order valence-electron chi connectivity index (χ4n) is 3.55. The van der Waals surface area contributed by atoms with Crippen molar-refractivity contribution in [2.45, 2.75) is 97.8 Å². The molecule has 0 spiro atoms. The largest absolute Gasteiger partial charge is 0.466 e. The molecule has 1 atom stereocenters. The van der Waals surface area contributed by atoms with Crippen LogP contribution in [0.15, 0.2) is 0 Å². The van der Waals surface area contributed by atoms with Crippen LogP contribution in [0, 0.1) is 11.8 Å². The molecule has 0 radical (unpaired) electrons. The molecule has 0 bridgehead atoms. The summed E-state index contributed by atoms with van der Waals surface area (Å²) in [5.41, 5.74) is -1.20. The molecule has 0 aromatic carbocycles. The highest BCUT2D eigenvalue weighted by Gasteiger charge is 2.31. The van der Waals surface area contributed by atoms with E-state index >= 15 is 0 Å². The number of nitrogens with one attached hydrogen (secondary N) is 2. The zero-order chi connectivity index (χ0) is 22.9. The number of carbonyl (C=O) groups is 3. The molecule has 8 nitrogen and oxygen atoms in total. The Hall–Kier alpha value is -1.99. The van der Waals surface area contributed by atoms with Crippen molar-refractivity contribution in [1.82, 2.24) is 10.6 Å². The Morgan fingerprint density at radius 1 is 0.900 bits per heavy atom. The Bertz CT molecular complexity index is 571. The van der Waals surface area contributed by atoms with Gasteiger partial charge in [-0.05, 0) is 86.0 Å². The molecule has 8 heteroatoms. The van der Waals surface area contributed by atoms with Crippen LogP contribution >= 0.6 is 0 Å². The van der Waals surface area contributed by atoms with Crippen molar-refractivity contribution in [2.24, 2.45) is 11.8 Å². The van der Waals surface area contributed by atoms with Gasteiger partial charge in [-0.2, -0.15) is 0 Å². The second-order valence-corrected chi connectivity index (χ2v) is 9.93. The monoisotopic (exact) mass is 428 g/mol. The number of hydrogen-bond acceptors (Lipinski definition) is 6. The van der Waals surface area contributed by atoms with E-state index in [2.05, 4.69) is 10.6 Å². The molecule has 1 unspecified atom stereocenters. The van der Waals surface area contributed by atoms with Crippen molar-refractivity contribution in [3.8, 4) is 0 Å². The molecule has 0 heterocycles. The lowest BCUT2D eigenvalue weighted by molar-refractivity contribution is -0.144. The fraction of sp³-hybridized carbons (Fsp3) is 0.864. The highest BCUT2D eigenvalue weighted by atomic mass is 16.6. The molecule has 0 aromatic rings. The van der Waals surface area contributed by atoms with Crippen LogP contribution in [0.25, 0.3) is 0 Å². The predicted molar refractivity (Wildman–Crippen MR) is 114 cm³/mol. The first kappa shape index (κ1) is 26.0. The van der Waals surface area contributed by atoms with Gasteiger partial charge in [-0.3, -0.25) is 4.79 Å². The van der Waals surface area contributed by atoms with Gasteiger partial charge in [-0.15, -0.1) is 0 Å². The third kappa shape index (κ3) is 11.3. The van der Waals surface area contributed by atoms with Crippen molar-refractivity contribution in [3.05, 3.63) is 0 Å². The van der Waals surface area contributed by atoms with Gasteiger partial charge in [0.2, 0.25) is 0 Å². The van der Waals surface area contributed by atoms with E-state index in [1.807, 2.05) is 0 Å². The van der Waals surface area contributed by atoms with Crippen LogP contribution in [0.3, 0.4) is 0 Å². The van der Waals surface area contributed by atoms with E-state index < -0.39 is 23.4 Å². The Kier molecular flexibility index (Phi) is 9.91. The highest BCUT2D eigenvalue weighted by Crippen LogP contribution is 2.33. The van der Waals surface area contributed by atoms with E-state index in [9.17, 15) is 14.4 Å². The van der Waals surface area contributed by atoms with E-state index in [0.29, 0.717) is 18.9 Å². The lowest BCUT2D eigenvalue weighted by atomic mass is 9.77. The normalized spacial score (nSPS) is 20.6. The minimum atomic E-state index is -0.607. The maximum absolute atomic E-state index is 12.3. The molecule has 2 N–H and O–H groups in total. The van der Waals surface area contributed by atoms with Gasteiger partial charge in [0.1, 0.15) is 11.2 Å². The second-order valence-electron chi connectivity index (χ2n) is 9.93. The molecule has 2 amide bonds. The van der Waals surface area contributed by atoms with Gasteiger partial charge in [-0.25, -0.2) is 9.59 Å². The van der Waals surface area contributed by atoms with Crippen molar-refractivity contribution in [3.63, 3.8) is 0 Å². The zero-order valence-electron chi connectivity index (χ0n) is 19.6. The van der Waals surface area contributed by atoms with E-state index in [-0.39, 0.29) is 24.5 Å². The first-order valence-electron chi connectivity index (χ1n) is 10.9. The number of rotatable bonds is 7. The first-order chi connectivity index (χ1) is 13.8. The standard InChI is InChI=1S/C22H40N2O6/c1-8-28-18(25)13-15-9-11-16(12-10-15)17(24-20(27)30-22(5,6)7)14-23-19(26)29-21(2,3)4/h15-17H,8-14H2,1-7H3,(H,23,26)(H,24,27)/t15-,16-,17?. The van der Waals surface area contributed by atoms with Crippen LogP contribution in [0.2, 0.25) is 0 Å². The molecular weight excluding hydrogens is 388 g/mol. The molecule has 1 aliphatic carbocycles. The quantitative estimate of drug-likeness (QED) is 0.466. The molecule has 174 valence electrons. The molecular formula is C22H40N2O6. The van der Waals surface area contributed by atoms with Gasteiger partial charge in [0.25, 0.3) is 0 Å². The topological polar surface area (TPSA) is 103 Å². The molecule has 1 saturated carbocycles. The van der Waals surface area contributed by atoms with Crippen LogP contribution in [0.4, 0.5) is 9.59 Å². The van der Waals surface area contributed by atoms with E-state index in [4.69, 9.17) is 14.2 Å². The van der Waals surface area contributed by atoms with Gasteiger partial charge in [0.05, 0.1) is 12.6 Å². The van der Waals surface area contributed by atoms with Crippen LogP contribution in [-0.4, -0.2) is 48.6 Å². The number of carbonyl (C=O) groups excluding carboxylic acids is 3. The lowest BCUT2D eigenvalue weighted by Crippen LogP contribution is -2.50. The second kappa shape index (κ2) is 11.4. The van der Waals surface area contributed by atoms with Crippen LogP contribution in [-0.2, 0) is 19.0 Å². The number of hydrogen-bond donors (Lipinski definition) is 2. The summed E-state index contributed by atoms with van der Waals surface area (Å²) in [5.74, 6) is 0.308. The molecule has 0 aromatic heterocycles. The maximum Gasteiger partial charge on any atom is 0.407 e. The molecule has 1 aliphatic rings. The third-order valence-electron chi connectivity index (χ3n) is 4.79. The van der Waals surface area contributed by atoms with Gasteiger partial charge in [0.15, 0.2) is 0 Å². The summed E-state index contributed by atoms with van der Waals surface area (Å²) < 4.78 is 15.7. The van der Waals surface area contributed by atoms with E-state index in [1.165, 1.54) is 0 Å². The summed E-state index contributed by atoms with van der Waals surface area (Å²) in [4.78, 5) is 36.1. The van der Waals surface area contributed by atoms with E-state index in [1.54, 1.807) is 48.5 Å². The molecule has 30 heavy (non-hydrogen) atoms. The molecule has 1 fully saturated rings. The van der Waals surface area contributed by atoms with Gasteiger partial charge < -0.3 is 24.8 Å². The Morgan fingerprint density at radius 2 is 1.43 bits per heavy atom. The number of esters is 1. The highest BCUT2D eigenvalue weighted by molar-refractivity contribution is 5.70. The van der Waals surface area contributed by atoms with Crippen molar-refractivity contribution in [2.75, 3.05) is 13.2 Å². The predicted octanol–water partition coefficient (Wildman–Crippen LogP) is 4.16. The van der Waals surface area contributed by atoms with Crippen LogP contribution in [0.1, 0.15) is 80.6 Å². The molecule has 0 saturated heterocycles. The zero-order valence-corrected chi connectivity index (χ0v) is 19.6. The third-order valence-corrected chi connectivity index (χ3v) is 4.79. The minimum Gasteiger partial charge on any atom is -0.466 e. The number of ether oxygens (including phenoxy) is 3. The van der Waals surface area contributed by atoms with Gasteiger partial charge >= 0.3 is 18.2 Å². The van der Waals surface area contributed by atoms with Crippen molar-refractivity contribution >= 4 is 18.2 Å². The minimum absolute atomic E-state index is 0.157. The average Bonchev–Trinajstić information content (AvgIpc) is 2.56. The summed E-state index contributed by atoms with van der Waals surface area (Å²) in [5, 5.41) is 5.67. The maximum atomic E-state index is 12.3. The van der Waals surface area contributed by atoms with Crippen LogP contribution in [0.5, 0.6) is 0 Å².